The predicted octanol–water partition coefficient (Wildman–Crippen LogP) is 4.64. The minimum absolute atomic E-state index is 0.873. The molecule has 28 heavy (non-hydrogen) atoms. The summed E-state index contributed by atoms with van der Waals surface area (Å²) in [6.07, 6.45) is 2.52. The van der Waals surface area contributed by atoms with Crippen LogP contribution in [0.5, 0.6) is 0 Å². The van der Waals surface area contributed by atoms with E-state index in [0.29, 0.717) is 0 Å². The van der Waals surface area contributed by atoms with Crippen LogP contribution in [0.3, 0.4) is 0 Å². The Kier molecular flexibility index (Phi) is 5.10. The fraction of sp³-hybridized carbons (Fsp3) is 0.280. The number of nitrogens with zero attached hydrogens (tertiary/aromatic N) is 2. The highest BCUT2D eigenvalue weighted by molar-refractivity contribution is 5.55. The van der Waals surface area contributed by atoms with Gasteiger partial charge in [-0.25, -0.2) is 0 Å². The standard InChI is InChI=1S/C25H28N2O/c1-26(2)23-14-10-21(11-15-23)25(28,20-8-4-3-5-9-20)22-12-16-24(17-13-22)27-18-6-7-19-27/h3-5,8-17,28H,6-7,18-19H2,1-2H3. The Balaban J connectivity index is 1.77. The maximum absolute atomic E-state index is 12.0. The van der Waals surface area contributed by atoms with Crippen LogP contribution in [0.25, 0.3) is 0 Å². The van der Waals surface area contributed by atoms with Gasteiger partial charge in [0.15, 0.2) is 0 Å². The van der Waals surface area contributed by atoms with Crippen molar-refractivity contribution in [3.8, 4) is 0 Å². The molecule has 0 spiro atoms. The van der Waals surface area contributed by atoms with Crippen molar-refractivity contribution in [1.29, 1.82) is 0 Å². The van der Waals surface area contributed by atoms with Gasteiger partial charge in [0.25, 0.3) is 0 Å². The first-order chi connectivity index (χ1) is 13.6. The van der Waals surface area contributed by atoms with Crippen molar-refractivity contribution in [2.45, 2.75) is 18.4 Å². The molecule has 3 nitrogen and oxygen atoms in total. The fourth-order valence-corrected chi connectivity index (χ4v) is 4.07. The van der Waals surface area contributed by atoms with Gasteiger partial charge in [0.2, 0.25) is 0 Å². The molecule has 0 saturated carbocycles. The van der Waals surface area contributed by atoms with E-state index < -0.39 is 5.60 Å². The van der Waals surface area contributed by atoms with Gasteiger partial charge >= 0.3 is 0 Å². The van der Waals surface area contributed by atoms with Crippen molar-refractivity contribution in [2.24, 2.45) is 0 Å². The lowest BCUT2D eigenvalue weighted by Crippen LogP contribution is -2.29. The van der Waals surface area contributed by atoms with Crippen molar-refractivity contribution in [2.75, 3.05) is 37.0 Å². The Morgan fingerprint density at radius 1 is 0.714 bits per heavy atom. The number of anilines is 2. The van der Waals surface area contributed by atoms with Crippen LogP contribution in [-0.2, 0) is 5.60 Å². The van der Waals surface area contributed by atoms with Gasteiger partial charge in [-0.15, -0.1) is 0 Å². The third-order valence-electron chi connectivity index (χ3n) is 5.75. The van der Waals surface area contributed by atoms with Crippen LogP contribution >= 0.6 is 0 Å². The van der Waals surface area contributed by atoms with Crippen LogP contribution in [0.2, 0.25) is 0 Å². The molecule has 0 amide bonds. The first-order valence-corrected chi connectivity index (χ1v) is 10.0. The summed E-state index contributed by atoms with van der Waals surface area (Å²) >= 11 is 0. The van der Waals surface area contributed by atoms with Crippen LogP contribution in [0, 0.1) is 0 Å². The van der Waals surface area contributed by atoms with Gasteiger partial charge < -0.3 is 14.9 Å². The van der Waals surface area contributed by atoms with Crippen LogP contribution in [0.15, 0.2) is 78.9 Å². The molecule has 0 aliphatic carbocycles. The molecule has 0 radical (unpaired) electrons. The molecule has 1 heterocycles. The lowest BCUT2D eigenvalue weighted by Gasteiger charge is -2.31. The molecule has 1 aliphatic heterocycles. The molecular formula is C25H28N2O. The molecule has 3 aromatic carbocycles. The molecule has 0 bridgehead atoms. The lowest BCUT2D eigenvalue weighted by molar-refractivity contribution is 0.126. The Hall–Kier alpha value is -2.78. The zero-order valence-corrected chi connectivity index (χ0v) is 16.7. The van der Waals surface area contributed by atoms with E-state index in [9.17, 15) is 5.11 Å². The first-order valence-electron chi connectivity index (χ1n) is 10.0. The van der Waals surface area contributed by atoms with Crippen molar-refractivity contribution >= 4 is 11.4 Å². The van der Waals surface area contributed by atoms with E-state index in [2.05, 4.69) is 46.2 Å². The number of benzene rings is 3. The Labute approximate surface area is 167 Å². The molecule has 1 unspecified atom stereocenters. The van der Waals surface area contributed by atoms with Crippen LogP contribution in [-0.4, -0.2) is 32.3 Å². The minimum Gasteiger partial charge on any atom is -0.378 e. The van der Waals surface area contributed by atoms with E-state index in [0.717, 1.165) is 35.5 Å². The summed E-state index contributed by atoms with van der Waals surface area (Å²) in [5, 5.41) is 12.0. The SMILES string of the molecule is CN(C)c1ccc(C(O)(c2ccccc2)c2ccc(N3CCCC3)cc2)cc1. The number of aliphatic hydroxyl groups is 1. The average Bonchev–Trinajstić information content (AvgIpc) is 3.29. The molecule has 1 N–H and O–H groups in total. The summed E-state index contributed by atoms with van der Waals surface area (Å²) < 4.78 is 0. The summed E-state index contributed by atoms with van der Waals surface area (Å²) in [6.45, 7) is 2.24. The van der Waals surface area contributed by atoms with Gasteiger partial charge in [0, 0.05) is 38.6 Å². The van der Waals surface area contributed by atoms with Crippen LogP contribution in [0.4, 0.5) is 11.4 Å². The molecule has 4 rings (SSSR count). The van der Waals surface area contributed by atoms with E-state index in [1.54, 1.807) is 0 Å². The van der Waals surface area contributed by atoms with Crippen LogP contribution in [0.1, 0.15) is 29.5 Å². The third kappa shape index (κ3) is 3.38. The summed E-state index contributed by atoms with van der Waals surface area (Å²) in [6, 6.07) is 26.5. The van der Waals surface area contributed by atoms with Gasteiger partial charge in [-0.3, -0.25) is 0 Å². The summed E-state index contributed by atoms with van der Waals surface area (Å²) in [4.78, 5) is 4.48. The highest BCUT2D eigenvalue weighted by Gasteiger charge is 2.33. The smallest absolute Gasteiger partial charge is 0.140 e. The van der Waals surface area contributed by atoms with Gasteiger partial charge in [-0.2, -0.15) is 0 Å². The number of hydrogen-bond donors (Lipinski definition) is 1. The molecule has 3 heteroatoms. The second kappa shape index (κ2) is 7.69. The van der Waals surface area contributed by atoms with Crippen molar-refractivity contribution in [1.82, 2.24) is 0 Å². The molecule has 1 atom stereocenters. The Morgan fingerprint density at radius 3 is 1.75 bits per heavy atom. The quantitative estimate of drug-likeness (QED) is 0.661. The van der Waals surface area contributed by atoms with E-state index in [4.69, 9.17) is 0 Å². The van der Waals surface area contributed by atoms with Gasteiger partial charge in [0.1, 0.15) is 5.60 Å². The lowest BCUT2D eigenvalue weighted by atomic mass is 9.80. The van der Waals surface area contributed by atoms with E-state index in [1.807, 2.05) is 56.6 Å². The maximum Gasteiger partial charge on any atom is 0.140 e. The molecule has 144 valence electrons. The van der Waals surface area contributed by atoms with Crippen LogP contribution < -0.4 is 9.80 Å². The van der Waals surface area contributed by atoms with E-state index in [1.165, 1.54) is 18.5 Å². The topological polar surface area (TPSA) is 26.7 Å². The minimum atomic E-state index is -1.18. The number of rotatable bonds is 5. The summed E-state index contributed by atoms with van der Waals surface area (Å²) in [5.41, 5.74) is 3.80. The van der Waals surface area contributed by atoms with Crippen molar-refractivity contribution in [3.63, 3.8) is 0 Å². The van der Waals surface area contributed by atoms with Crippen molar-refractivity contribution in [3.05, 3.63) is 95.6 Å². The van der Waals surface area contributed by atoms with E-state index >= 15 is 0 Å². The zero-order chi connectivity index (χ0) is 19.6. The molecular weight excluding hydrogens is 344 g/mol. The molecule has 0 aromatic heterocycles. The normalized spacial score (nSPS) is 16.0. The zero-order valence-electron chi connectivity index (χ0n) is 16.7. The second-order valence-corrected chi connectivity index (χ2v) is 7.76. The average molecular weight is 373 g/mol. The van der Waals surface area contributed by atoms with Gasteiger partial charge in [0.05, 0.1) is 0 Å². The second-order valence-electron chi connectivity index (χ2n) is 7.76. The van der Waals surface area contributed by atoms with E-state index in [-0.39, 0.29) is 0 Å². The van der Waals surface area contributed by atoms with Gasteiger partial charge in [-0.1, -0.05) is 54.6 Å². The molecule has 1 fully saturated rings. The predicted molar refractivity (Wildman–Crippen MR) is 117 cm³/mol. The Bertz CT molecular complexity index is 898. The summed E-state index contributed by atoms with van der Waals surface area (Å²) in [7, 11) is 4.05. The largest absolute Gasteiger partial charge is 0.378 e. The van der Waals surface area contributed by atoms with Gasteiger partial charge in [-0.05, 0) is 53.8 Å². The molecule has 1 saturated heterocycles. The first kappa shape index (κ1) is 18.6. The maximum atomic E-state index is 12.0. The Morgan fingerprint density at radius 2 is 1.21 bits per heavy atom. The fourth-order valence-electron chi connectivity index (χ4n) is 4.07. The highest BCUT2D eigenvalue weighted by atomic mass is 16.3. The molecule has 1 aliphatic rings. The third-order valence-corrected chi connectivity index (χ3v) is 5.75. The monoisotopic (exact) mass is 372 g/mol. The molecule has 3 aromatic rings. The highest BCUT2D eigenvalue weighted by Crippen LogP contribution is 2.38. The summed E-state index contributed by atoms with van der Waals surface area (Å²) in [5.74, 6) is 0. The van der Waals surface area contributed by atoms with Crippen molar-refractivity contribution < 1.29 is 5.11 Å². The number of hydrogen-bond acceptors (Lipinski definition) is 3.